The van der Waals surface area contributed by atoms with Crippen LogP contribution in [0.15, 0.2) is 30.3 Å². The number of carbonyl (C=O) groups is 3. The van der Waals surface area contributed by atoms with Gasteiger partial charge in [0.1, 0.15) is 6.10 Å². The molecular formula is C34H54N4O5. The van der Waals surface area contributed by atoms with Crippen LogP contribution in [0.25, 0.3) is 0 Å². The van der Waals surface area contributed by atoms with E-state index in [4.69, 9.17) is 0 Å². The number of nitrogens with one attached hydrogen (secondary N) is 1. The van der Waals surface area contributed by atoms with E-state index >= 15 is 0 Å². The van der Waals surface area contributed by atoms with Crippen LogP contribution in [0, 0.1) is 17.8 Å². The third kappa shape index (κ3) is 14.4. The number of aliphatic hydroxyl groups is 2. The van der Waals surface area contributed by atoms with Gasteiger partial charge in [0, 0.05) is 52.5 Å². The summed E-state index contributed by atoms with van der Waals surface area (Å²) < 4.78 is 0. The first-order chi connectivity index (χ1) is 20.6. The molecule has 1 saturated carbocycles. The summed E-state index contributed by atoms with van der Waals surface area (Å²) >= 11 is 0. The highest BCUT2D eigenvalue weighted by atomic mass is 16.3. The smallest absolute Gasteiger partial charge is 0.296 e. The highest BCUT2D eigenvalue weighted by Crippen LogP contribution is 2.28. The molecule has 0 radical (unpaired) electrons. The van der Waals surface area contributed by atoms with Gasteiger partial charge in [-0.2, -0.15) is 0 Å². The number of rotatable bonds is 17. The van der Waals surface area contributed by atoms with Crippen LogP contribution in [0.5, 0.6) is 0 Å². The van der Waals surface area contributed by atoms with Crippen LogP contribution in [0.3, 0.4) is 0 Å². The molecule has 0 spiro atoms. The SMILES string of the molecule is CCC[C@H](O)[C@H](O)[C@@H](CC1CCCCC1)NC(=O)C#CCCN(Cc1ccccc1)C(=O)CCC(=O)N(C)CCN(C)C. The Balaban J connectivity index is 1.98. The van der Waals surface area contributed by atoms with Crippen LogP contribution in [-0.4, -0.2) is 102 Å². The van der Waals surface area contributed by atoms with E-state index in [1.165, 1.54) is 6.42 Å². The first kappa shape index (κ1) is 36.3. The molecule has 0 saturated heterocycles. The Labute approximate surface area is 259 Å². The lowest BCUT2D eigenvalue weighted by Crippen LogP contribution is -2.49. The lowest BCUT2D eigenvalue weighted by atomic mass is 9.82. The molecule has 9 heteroatoms. The van der Waals surface area contributed by atoms with E-state index in [9.17, 15) is 24.6 Å². The summed E-state index contributed by atoms with van der Waals surface area (Å²) in [5.41, 5.74) is 0.973. The average molecular weight is 599 g/mol. The first-order valence-corrected chi connectivity index (χ1v) is 16.0. The summed E-state index contributed by atoms with van der Waals surface area (Å²) in [6.45, 7) is 4.01. The molecular weight excluding hydrogens is 544 g/mol. The van der Waals surface area contributed by atoms with E-state index in [0.717, 1.165) is 44.2 Å². The Hall–Kier alpha value is -2.93. The minimum absolute atomic E-state index is 0.0691. The van der Waals surface area contributed by atoms with Crippen molar-refractivity contribution in [3.05, 3.63) is 35.9 Å². The second kappa shape index (κ2) is 20.1. The fourth-order valence-corrected chi connectivity index (χ4v) is 5.47. The molecule has 0 bridgehead atoms. The fraction of sp³-hybridized carbons (Fsp3) is 0.676. The van der Waals surface area contributed by atoms with Gasteiger partial charge in [0.25, 0.3) is 5.91 Å². The van der Waals surface area contributed by atoms with Gasteiger partial charge in [-0.25, -0.2) is 0 Å². The number of carbonyl (C=O) groups excluding carboxylic acids is 3. The third-order valence-corrected chi connectivity index (χ3v) is 8.16. The van der Waals surface area contributed by atoms with Crippen LogP contribution in [0.1, 0.15) is 83.1 Å². The summed E-state index contributed by atoms with van der Waals surface area (Å²) in [6.07, 6.45) is 6.06. The van der Waals surface area contributed by atoms with Gasteiger partial charge in [-0.15, -0.1) is 0 Å². The van der Waals surface area contributed by atoms with Gasteiger partial charge in [-0.05, 0) is 44.3 Å². The van der Waals surface area contributed by atoms with E-state index in [0.29, 0.717) is 38.4 Å². The molecule has 3 atom stereocenters. The molecule has 0 aliphatic heterocycles. The Morgan fingerprint density at radius 3 is 2.28 bits per heavy atom. The maximum absolute atomic E-state index is 13.2. The Morgan fingerprint density at radius 2 is 1.63 bits per heavy atom. The fourth-order valence-electron chi connectivity index (χ4n) is 5.47. The molecule has 240 valence electrons. The average Bonchev–Trinajstić information content (AvgIpc) is 3.00. The van der Waals surface area contributed by atoms with Crippen molar-refractivity contribution in [2.75, 3.05) is 40.8 Å². The maximum Gasteiger partial charge on any atom is 0.296 e. The number of nitrogens with zero attached hydrogens (tertiary/aromatic N) is 3. The van der Waals surface area contributed by atoms with E-state index in [1.54, 1.807) is 16.8 Å². The zero-order valence-electron chi connectivity index (χ0n) is 26.8. The molecule has 0 aromatic heterocycles. The van der Waals surface area contributed by atoms with Crippen LogP contribution in [0.2, 0.25) is 0 Å². The molecule has 1 aromatic rings. The molecule has 43 heavy (non-hydrogen) atoms. The Bertz CT molecular complexity index is 1030. The summed E-state index contributed by atoms with van der Waals surface area (Å²) in [5, 5.41) is 24.1. The van der Waals surface area contributed by atoms with Crippen molar-refractivity contribution >= 4 is 17.7 Å². The quantitative estimate of drug-likeness (QED) is 0.238. The number of amides is 3. The van der Waals surface area contributed by atoms with E-state index < -0.39 is 24.2 Å². The lowest BCUT2D eigenvalue weighted by Gasteiger charge is -2.31. The molecule has 3 N–H and O–H groups in total. The van der Waals surface area contributed by atoms with Gasteiger partial charge in [0.2, 0.25) is 11.8 Å². The van der Waals surface area contributed by atoms with Gasteiger partial charge in [0.15, 0.2) is 0 Å². The monoisotopic (exact) mass is 598 g/mol. The van der Waals surface area contributed by atoms with Gasteiger partial charge in [-0.1, -0.05) is 81.7 Å². The predicted molar refractivity (Wildman–Crippen MR) is 170 cm³/mol. The van der Waals surface area contributed by atoms with E-state index in [-0.39, 0.29) is 31.1 Å². The van der Waals surface area contributed by atoms with Crippen molar-refractivity contribution in [1.82, 2.24) is 20.0 Å². The van der Waals surface area contributed by atoms with Gasteiger partial charge in [-0.3, -0.25) is 14.4 Å². The second-order valence-corrected chi connectivity index (χ2v) is 12.1. The number of likely N-dealkylation sites (N-methyl/N-ethyl adjacent to an activating group) is 2. The molecule has 0 unspecified atom stereocenters. The Morgan fingerprint density at radius 1 is 0.953 bits per heavy atom. The van der Waals surface area contributed by atoms with E-state index in [1.807, 2.05) is 56.3 Å². The first-order valence-electron chi connectivity index (χ1n) is 16.0. The van der Waals surface area contributed by atoms with Gasteiger partial charge in [0.05, 0.1) is 12.1 Å². The largest absolute Gasteiger partial charge is 0.390 e. The van der Waals surface area contributed by atoms with Crippen LogP contribution in [-0.2, 0) is 20.9 Å². The summed E-state index contributed by atoms with van der Waals surface area (Å²) in [7, 11) is 5.65. The molecule has 3 amide bonds. The van der Waals surface area contributed by atoms with Crippen molar-refractivity contribution < 1.29 is 24.6 Å². The van der Waals surface area contributed by atoms with Crippen LogP contribution in [0.4, 0.5) is 0 Å². The predicted octanol–water partition coefficient (Wildman–Crippen LogP) is 3.19. The number of aliphatic hydroxyl groups excluding tert-OH is 2. The standard InChI is InChI=1S/C34H54N4O5/c1-5-14-30(39)34(43)29(25-27-15-8-6-9-16-27)35-31(40)19-12-13-22-38(26-28-17-10-7-11-18-28)33(42)21-20-32(41)37(4)24-23-36(2)3/h7,10-11,17-18,27,29-30,34,39,43H,5-6,8-9,13-16,20-26H2,1-4H3,(H,35,40)/t29-,30+,34-/m1/s1. The number of benzene rings is 1. The minimum Gasteiger partial charge on any atom is -0.390 e. The summed E-state index contributed by atoms with van der Waals surface area (Å²) in [4.78, 5) is 43.8. The molecule has 1 aliphatic rings. The van der Waals surface area contributed by atoms with E-state index in [2.05, 4.69) is 17.2 Å². The third-order valence-electron chi connectivity index (χ3n) is 8.16. The van der Waals surface area contributed by atoms with Crippen molar-refractivity contribution in [3.63, 3.8) is 0 Å². The van der Waals surface area contributed by atoms with Crippen molar-refractivity contribution in [1.29, 1.82) is 0 Å². The summed E-state index contributed by atoms with van der Waals surface area (Å²) in [5.74, 6) is 5.23. The lowest BCUT2D eigenvalue weighted by molar-refractivity contribution is -0.136. The van der Waals surface area contributed by atoms with Crippen molar-refractivity contribution in [2.45, 2.75) is 102 Å². The molecule has 1 aromatic carbocycles. The normalized spacial score (nSPS) is 15.6. The van der Waals surface area contributed by atoms with Gasteiger partial charge < -0.3 is 30.2 Å². The molecule has 9 nitrogen and oxygen atoms in total. The van der Waals surface area contributed by atoms with Gasteiger partial charge >= 0.3 is 0 Å². The minimum atomic E-state index is -1.05. The second-order valence-electron chi connectivity index (χ2n) is 12.1. The highest BCUT2D eigenvalue weighted by Gasteiger charge is 2.30. The highest BCUT2D eigenvalue weighted by molar-refractivity contribution is 5.93. The number of hydrogen-bond acceptors (Lipinski definition) is 6. The van der Waals surface area contributed by atoms with Crippen molar-refractivity contribution in [2.24, 2.45) is 5.92 Å². The molecule has 1 fully saturated rings. The maximum atomic E-state index is 13.2. The summed E-state index contributed by atoms with van der Waals surface area (Å²) in [6, 6.07) is 9.09. The zero-order valence-corrected chi connectivity index (χ0v) is 26.8. The molecule has 0 heterocycles. The number of hydrogen-bond donors (Lipinski definition) is 3. The topological polar surface area (TPSA) is 113 Å². The van der Waals surface area contributed by atoms with Crippen LogP contribution >= 0.6 is 0 Å². The molecule has 2 rings (SSSR count). The van der Waals surface area contributed by atoms with Crippen LogP contribution < -0.4 is 5.32 Å². The van der Waals surface area contributed by atoms with Crippen molar-refractivity contribution in [3.8, 4) is 11.8 Å². The Kier molecular flexibility index (Phi) is 17.0. The zero-order chi connectivity index (χ0) is 31.6. The molecule has 1 aliphatic carbocycles.